The van der Waals surface area contributed by atoms with Crippen molar-refractivity contribution in [3.05, 3.63) is 62.9 Å². The Morgan fingerprint density at radius 3 is 2.59 bits per heavy atom. The molecule has 9 nitrogen and oxygen atoms in total. The van der Waals surface area contributed by atoms with Crippen LogP contribution in [0, 0.1) is 0 Å². The van der Waals surface area contributed by atoms with Crippen LogP contribution in [0.1, 0.15) is 35.7 Å². The minimum Gasteiger partial charge on any atom is -0.497 e. The Balaban J connectivity index is 1.37. The lowest BCUT2D eigenvalue weighted by molar-refractivity contribution is 0.0767. The molecule has 1 aromatic carbocycles. The summed E-state index contributed by atoms with van der Waals surface area (Å²) in [6, 6.07) is 9.55. The van der Waals surface area contributed by atoms with Gasteiger partial charge >= 0.3 is 5.69 Å². The van der Waals surface area contributed by atoms with Gasteiger partial charge in [0.1, 0.15) is 11.4 Å². The Labute approximate surface area is 184 Å². The van der Waals surface area contributed by atoms with E-state index in [1.54, 1.807) is 18.1 Å². The molecule has 32 heavy (non-hydrogen) atoms. The second-order valence-electron chi connectivity index (χ2n) is 8.29. The third kappa shape index (κ3) is 3.74. The SMILES string of the molecule is COc1ccc(N2CCCN(C(=O)c3cnc4c(c3)c(=O)[nH]c(=O)n4C3CC3)CC2)cc1. The summed E-state index contributed by atoms with van der Waals surface area (Å²) in [4.78, 5) is 48.6. The summed E-state index contributed by atoms with van der Waals surface area (Å²) < 4.78 is 6.76. The number of pyridine rings is 1. The number of rotatable bonds is 4. The van der Waals surface area contributed by atoms with Gasteiger partial charge in [0.25, 0.3) is 11.5 Å². The molecule has 0 atom stereocenters. The topological polar surface area (TPSA) is 101 Å². The van der Waals surface area contributed by atoms with Gasteiger partial charge in [-0.1, -0.05) is 0 Å². The lowest BCUT2D eigenvalue weighted by Gasteiger charge is -2.24. The van der Waals surface area contributed by atoms with Crippen molar-refractivity contribution in [2.45, 2.75) is 25.3 Å². The quantitative estimate of drug-likeness (QED) is 0.671. The van der Waals surface area contributed by atoms with E-state index in [1.807, 2.05) is 24.3 Å². The van der Waals surface area contributed by atoms with Crippen molar-refractivity contribution in [2.24, 2.45) is 0 Å². The van der Waals surface area contributed by atoms with Crippen LogP contribution in [0.2, 0.25) is 0 Å². The predicted octanol–water partition coefficient (Wildman–Crippen LogP) is 1.78. The van der Waals surface area contributed by atoms with Gasteiger partial charge in [-0.2, -0.15) is 0 Å². The summed E-state index contributed by atoms with van der Waals surface area (Å²) in [5, 5.41) is 0.275. The number of fused-ring (bicyclic) bond motifs is 1. The van der Waals surface area contributed by atoms with E-state index in [-0.39, 0.29) is 17.3 Å². The van der Waals surface area contributed by atoms with Gasteiger partial charge < -0.3 is 14.5 Å². The molecule has 1 amide bonds. The molecule has 1 N–H and O–H groups in total. The highest BCUT2D eigenvalue weighted by Crippen LogP contribution is 2.34. The summed E-state index contributed by atoms with van der Waals surface area (Å²) in [6.45, 7) is 2.75. The molecule has 166 valence electrons. The van der Waals surface area contributed by atoms with Gasteiger partial charge in [-0.05, 0) is 49.6 Å². The van der Waals surface area contributed by atoms with Crippen molar-refractivity contribution in [3.8, 4) is 5.75 Å². The van der Waals surface area contributed by atoms with E-state index in [1.165, 1.54) is 10.8 Å². The highest BCUT2D eigenvalue weighted by atomic mass is 16.5. The number of carbonyl (C=O) groups is 1. The minimum absolute atomic E-state index is 0.0745. The van der Waals surface area contributed by atoms with Crippen LogP contribution in [0.3, 0.4) is 0 Å². The van der Waals surface area contributed by atoms with Crippen LogP contribution in [0.25, 0.3) is 11.0 Å². The third-order valence-corrected chi connectivity index (χ3v) is 6.16. The molecule has 1 saturated carbocycles. The maximum atomic E-state index is 13.2. The Hall–Kier alpha value is -3.62. The van der Waals surface area contributed by atoms with Gasteiger partial charge in [0.2, 0.25) is 0 Å². The van der Waals surface area contributed by atoms with Gasteiger partial charge in [-0.25, -0.2) is 9.78 Å². The van der Waals surface area contributed by atoms with Crippen LogP contribution < -0.4 is 20.9 Å². The smallest absolute Gasteiger partial charge is 0.330 e. The lowest BCUT2D eigenvalue weighted by Crippen LogP contribution is -2.35. The first-order valence-electron chi connectivity index (χ1n) is 10.9. The predicted molar refractivity (Wildman–Crippen MR) is 121 cm³/mol. The maximum absolute atomic E-state index is 13.2. The normalized spacial score (nSPS) is 16.8. The molecule has 2 aliphatic rings. The molecule has 0 bridgehead atoms. The second kappa shape index (κ2) is 8.14. The molecular weight excluding hydrogens is 410 g/mol. The molecule has 1 saturated heterocycles. The zero-order chi connectivity index (χ0) is 22.2. The second-order valence-corrected chi connectivity index (χ2v) is 8.29. The molecule has 2 fully saturated rings. The number of hydrogen-bond donors (Lipinski definition) is 1. The number of anilines is 1. The molecule has 0 radical (unpaired) electrons. The van der Waals surface area contributed by atoms with E-state index in [0.29, 0.717) is 30.8 Å². The zero-order valence-electron chi connectivity index (χ0n) is 17.9. The number of nitrogens with one attached hydrogen (secondary N) is 1. The Kier molecular flexibility index (Phi) is 5.16. The Bertz CT molecular complexity index is 1280. The van der Waals surface area contributed by atoms with Crippen molar-refractivity contribution < 1.29 is 9.53 Å². The number of H-pyrrole nitrogens is 1. The summed E-state index contributed by atoms with van der Waals surface area (Å²) in [5.74, 6) is 0.658. The molecule has 1 aliphatic carbocycles. The van der Waals surface area contributed by atoms with Crippen LogP contribution in [-0.2, 0) is 0 Å². The molecule has 0 spiro atoms. The van der Waals surface area contributed by atoms with Crippen LogP contribution >= 0.6 is 0 Å². The van der Waals surface area contributed by atoms with E-state index in [4.69, 9.17) is 4.74 Å². The Morgan fingerprint density at radius 2 is 1.88 bits per heavy atom. The van der Waals surface area contributed by atoms with E-state index in [2.05, 4.69) is 14.9 Å². The largest absolute Gasteiger partial charge is 0.497 e. The monoisotopic (exact) mass is 435 g/mol. The van der Waals surface area contributed by atoms with E-state index in [9.17, 15) is 14.4 Å². The highest BCUT2D eigenvalue weighted by Gasteiger charge is 2.28. The average Bonchev–Trinajstić information content (AvgIpc) is 3.66. The average molecular weight is 435 g/mol. The number of ether oxygens (including phenoxy) is 1. The van der Waals surface area contributed by atoms with Gasteiger partial charge in [0.15, 0.2) is 0 Å². The zero-order valence-corrected chi connectivity index (χ0v) is 17.9. The molecule has 3 aromatic rings. The van der Waals surface area contributed by atoms with Gasteiger partial charge in [-0.15, -0.1) is 0 Å². The van der Waals surface area contributed by atoms with E-state index in [0.717, 1.165) is 37.2 Å². The van der Waals surface area contributed by atoms with Gasteiger partial charge in [0, 0.05) is 44.1 Å². The van der Waals surface area contributed by atoms with E-state index >= 15 is 0 Å². The molecule has 0 unspecified atom stereocenters. The van der Waals surface area contributed by atoms with Crippen LogP contribution in [0.5, 0.6) is 5.75 Å². The van der Waals surface area contributed by atoms with E-state index < -0.39 is 11.2 Å². The fourth-order valence-electron chi connectivity index (χ4n) is 4.28. The maximum Gasteiger partial charge on any atom is 0.330 e. The minimum atomic E-state index is -0.509. The van der Waals surface area contributed by atoms with Crippen molar-refractivity contribution >= 4 is 22.6 Å². The molecule has 3 heterocycles. The number of hydrogen-bond acceptors (Lipinski definition) is 6. The number of methoxy groups -OCH3 is 1. The number of aromatic nitrogens is 3. The summed E-state index contributed by atoms with van der Waals surface area (Å²) >= 11 is 0. The third-order valence-electron chi connectivity index (χ3n) is 6.16. The number of nitrogens with zero attached hydrogens (tertiary/aromatic N) is 4. The molecule has 2 aromatic heterocycles. The summed E-state index contributed by atoms with van der Waals surface area (Å²) in [7, 11) is 1.64. The van der Waals surface area contributed by atoms with Crippen LogP contribution in [0.15, 0.2) is 46.1 Å². The van der Waals surface area contributed by atoms with Crippen LogP contribution in [-0.4, -0.2) is 58.6 Å². The number of amides is 1. The molecule has 9 heteroatoms. The first kappa shape index (κ1) is 20.3. The lowest BCUT2D eigenvalue weighted by atomic mass is 10.2. The fraction of sp³-hybridized carbons (Fsp3) is 0.391. The summed E-state index contributed by atoms with van der Waals surface area (Å²) in [6.07, 6.45) is 4.10. The van der Waals surface area contributed by atoms with Crippen molar-refractivity contribution in [1.29, 1.82) is 0 Å². The number of benzene rings is 1. The Morgan fingerprint density at radius 1 is 1.09 bits per heavy atom. The van der Waals surface area contributed by atoms with Gasteiger partial charge in [-0.3, -0.25) is 19.1 Å². The number of carbonyl (C=O) groups excluding carboxylic acids is 1. The first-order valence-corrected chi connectivity index (χ1v) is 10.9. The van der Waals surface area contributed by atoms with Crippen molar-refractivity contribution in [2.75, 3.05) is 38.2 Å². The summed E-state index contributed by atoms with van der Waals surface area (Å²) in [5.41, 5.74) is 0.853. The standard InChI is InChI=1S/C23H25N5O4/c1-32-18-7-5-16(6-8-18)26-9-2-10-27(12-11-26)22(30)15-13-19-20(24-14-15)28(17-3-4-17)23(31)25-21(19)29/h5-8,13-14,17H,2-4,9-12H2,1H3,(H,25,29,31). The first-order chi connectivity index (χ1) is 15.5. The highest BCUT2D eigenvalue weighted by molar-refractivity contribution is 5.96. The van der Waals surface area contributed by atoms with Gasteiger partial charge in [0.05, 0.1) is 18.1 Å². The molecular formula is C23H25N5O4. The van der Waals surface area contributed by atoms with Crippen molar-refractivity contribution in [1.82, 2.24) is 19.4 Å². The van der Waals surface area contributed by atoms with Crippen molar-refractivity contribution in [3.63, 3.8) is 0 Å². The van der Waals surface area contributed by atoms with Crippen LogP contribution in [0.4, 0.5) is 5.69 Å². The molecule has 1 aliphatic heterocycles. The number of aromatic amines is 1. The molecule has 5 rings (SSSR count). The fourth-order valence-corrected chi connectivity index (χ4v) is 4.28.